The van der Waals surface area contributed by atoms with E-state index in [1.54, 1.807) is 6.08 Å². The Hall–Kier alpha value is -4.96. The van der Waals surface area contributed by atoms with Gasteiger partial charge in [-0.3, -0.25) is 4.79 Å². The van der Waals surface area contributed by atoms with Crippen molar-refractivity contribution in [3.05, 3.63) is 127 Å². The zero-order chi connectivity index (χ0) is 30.0. The molecule has 216 valence electrons. The molecule has 0 spiro atoms. The lowest BCUT2D eigenvalue weighted by Gasteiger charge is -2.18. The second kappa shape index (κ2) is 14.3. The molecule has 0 N–H and O–H groups in total. The summed E-state index contributed by atoms with van der Waals surface area (Å²) in [6.07, 6.45) is 9.36. The molecule has 0 heterocycles. The summed E-state index contributed by atoms with van der Waals surface area (Å²) < 4.78 is 11.9. The van der Waals surface area contributed by atoms with Crippen molar-refractivity contribution in [1.82, 2.24) is 0 Å². The van der Waals surface area contributed by atoms with E-state index in [1.165, 1.54) is 31.4 Å². The van der Waals surface area contributed by atoms with Crippen LogP contribution in [0.25, 0.3) is 38.7 Å². The molecule has 0 aliphatic heterocycles. The van der Waals surface area contributed by atoms with Crippen molar-refractivity contribution in [2.24, 2.45) is 0 Å². The predicted octanol–water partition coefficient (Wildman–Crippen LogP) is 9.54. The number of carbonyl (C=O) groups excluding carboxylic acids is 2. The van der Waals surface area contributed by atoms with E-state index in [9.17, 15) is 9.59 Å². The summed E-state index contributed by atoms with van der Waals surface area (Å²) in [6.45, 7) is 6.57. The van der Waals surface area contributed by atoms with Crippen LogP contribution in [-0.2, 0) is 16.0 Å². The van der Waals surface area contributed by atoms with Gasteiger partial charge in [-0.25, -0.2) is 4.79 Å². The summed E-state index contributed by atoms with van der Waals surface area (Å²) in [7, 11) is 0. The lowest BCUT2D eigenvalue weighted by atomic mass is 9.88. The van der Waals surface area contributed by atoms with Crippen LogP contribution >= 0.6 is 0 Å². The maximum absolute atomic E-state index is 13.2. The maximum atomic E-state index is 13.2. The highest BCUT2D eigenvalue weighted by atomic mass is 16.5. The number of ketones is 1. The van der Waals surface area contributed by atoms with E-state index in [4.69, 9.17) is 9.47 Å². The van der Waals surface area contributed by atoms with Crippen LogP contribution in [0.2, 0.25) is 0 Å². The van der Waals surface area contributed by atoms with Crippen LogP contribution in [0.5, 0.6) is 11.5 Å². The molecule has 0 bridgehead atoms. The van der Waals surface area contributed by atoms with Crippen molar-refractivity contribution in [2.45, 2.75) is 39.0 Å². The van der Waals surface area contributed by atoms with Gasteiger partial charge in [-0.1, -0.05) is 112 Å². The summed E-state index contributed by atoms with van der Waals surface area (Å²) >= 11 is 0. The molecule has 0 fully saturated rings. The SMILES string of the molecule is C=CC(=O)Cc1ccc2ccccc2c1-c1c(OC(=O)/C=C/c2ccc(OCCCCCC)cc2)ccc2ccccc12. The molecule has 5 rings (SSSR count). The summed E-state index contributed by atoms with van der Waals surface area (Å²) in [4.78, 5) is 25.7. The fourth-order valence-corrected chi connectivity index (χ4v) is 5.31. The van der Waals surface area contributed by atoms with Gasteiger partial charge in [0.2, 0.25) is 0 Å². The zero-order valence-electron chi connectivity index (χ0n) is 24.6. The second-order valence-electron chi connectivity index (χ2n) is 10.6. The lowest BCUT2D eigenvalue weighted by molar-refractivity contribution is -0.128. The molecule has 0 unspecified atom stereocenters. The molecule has 0 aromatic heterocycles. The molecular weight excluding hydrogens is 532 g/mol. The first-order valence-electron chi connectivity index (χ1n) is 14.9. The molecule has 0 atom stereocenters. The van der Waals surface area contributed by atoms with Gasteiger partial charge in [0.1, 0.15) is 11.5 Å². The van der Waals surface area contributed by atoms with E-state index in [0.717, 1.165) is 56.0 Å². The van der Waals surface area contributed by atoms with Crippen LogP contribution in [-0.4, -0.2) is 18.4 Å². The monoisotopic (exact) mass is 568 g/mol. The van der Waals surface area contributed by atoms with E-state index < -0.39 is 5.97 Å². The van der Waals surface area contributed by atoms with Crippen LogP contribution in [0.1, 0.15) is 43.7 Å². The van der Waals surface area contributed by atoms with Gasteiger partial charge in [-0.15, -0.1) is 0 Å². The first-order chi connectivity index (χ1) is 21.1. The molecule has 5 aromatic rings. The second-order valence-corrected chi connectivity index (χ2v) is 10.6. The van der Waals surface area contributed by atoms with E-state index in [1.807, 2.05) is 97.1 Å². The Morgan fingerprint density at radius 3 is 2.12 bits per heavy atom. The van der Waals surface area contributed by atoms with Crippen LogP contribution in [0, 0.1) is 0 Å². The van der Waals surface area contributed by atoms with Gasteiger partial charge in [-0.2, -0.15) is 0 Å². The Balaban J connectivity index is 1.45. The number of unbranched alkanes of at least 4 members (excludes halogenated alkanes) is 3. The Morgan fingerprint density at radius 1 is 0.744 bits per heavy atom. The number of benzene rings is 5. The van der Waals surface area contributed by atoms with E-state index in [-0.39, 0.29) is 12.2 Å². The minimum absolute atomic E-state index is 0.0776. The van der Waals surface area contributed by atoms with Crippen molar-refractivity contribution in [1.29, 1.82) is 0 Å². The number of ether oxygens (including phenoxy) is 2. The molecule has 0 saturated heterocycles. The summed E-state index contributed by atoms with van der Waals surface area (Å²) in [5, 5.41) is 3.96. The smallest absolute Gasteiger partial charge is 0.336 e. The average Bonchev–Trinajstić information content (AvgIpc) is 3.04. The highest BCUT2D eigenvalue weighted by molar-refractivity contribution is 6.10. The van der Waals surface area contributed by atoms with Crippen molar-refractivity contribution in [3.8, 4) is 22.6 Å². The molecule has 4 heteroatoms. The third-order valence-electron chi connectivity index (χ3n) is 7.52. The normalized spacial score (nSPS) is 11.2. The number of esters is 1. The third-order valence-corrected chi connectivity index (χ3v) is 7.52. The molecule has 0 saturated carbocycles. The van der Waals surface area contributed by atoms with Gasteiger partial charge in [0, 0.05) is 18.1 Å². The molecule has 4 nitrogen and oxygen atoms in total. The summed E-state index contributed by atoms with van der Waals surface area (Å²) in [5.74, 6) is 0.685. The number of rotatable bonds is 13. The molecule has 0 amide bonds. The number of hydrogen-bond acceptors (Lipinski definition) is 4. The van der Waals surface area contributed by atoms with Crippen LogP contribution < -0.4 is 9.47 Å². The molecule has 5 aromatic carbocycles. The standard InChI is InChI=1S/C39H36O4/c1-3-5-6-11-26-42-33-22-16-28(17-23-33)18-25-37(41)43-36-24-21-30-13-8-10-15-35(30)39(36)38-31(27-32(40)4-2)20-19-29-12-7-9-14-34(29)38/h4,7-10,12-25H,2-3,5-6,11,26-27H2,1H3/b25-18+. The van der Waals surface area contributed by atoms with Gasteiger partial charge in [0.05, 0.1) is 6.61 Å². The topological polar surface area (TPSA) is 52.6 Å². The number of allylic oxidation sites excluding steroid dienone is 1. The van der Waals surface area contributed by atoms with Crippen molar-refractivity contribution in [3.63, 3.8) is 0 Å². The van der Waals surface area contributed by atoms with Crippen molar-refractivity contribution >= 4 is 39.4 Å². The molecule has 0 aliphatic rings. The minimum atomic E-state index is -0.489. The van der Waals surface area contributed by atoms with Gasteiger partial charge in [0.15, 0.2) is 5.78 Å². The lowest BCUT2D eigenvalue weighted by Crippen LogP contribution is -2.07. The zero-order valence-corrected chi connectivity index (χ0v) is 24.6. The van der Waals surface area contributed by atoms with E-state index in [0.29, 0.717) is 12.4 Å². The number of hydrogen-bond donors (Lipinski definition) is 0. The van der Waals surface area contributed by atoms with Gasteiger partial charge in [-0.05, 0) is 75.0 Å². The van der Waals surface area contributed by atoms with Crippen LogP contribution in [0.15, 0.2) is 116 Å². The van der Waals surface area contributed by atoms with E-state index >= 15 is 0 Å². The average molecular weight is 569 g/mol. The maximum Gasteiger partial charge on any atom is 0.336 e. The molecule has 0 aliphatic carbocycles. The minimum Gasteiger partial charge on any atom is -0.494 e. The number of carbonyl (C=O) groups is 2. The quantitative estimate of drug-likeness (QED) is 0.0614. The van der Waals surface area contributed by atoms with Gasteiger partial charge in [0.25, 0.3) is 0 Å². The summed E-state index contributed by atoms with van der Waals surface area (Å²) in [5.41, 5.74) is 3.37. The molecule has 43 heavy (non-hydrogen) atoms. The van der Waals surface area contributed by atoms with Gasteiger partial charge < -0.3 is 9.47 Å². The third kappa shape index (κ3) is 7.28. The predicted molar refractivity (Wildman–Crippen MR) is 177 cm³/mol. The highest BCUT2D eigenvalue weighted by Gasteiger charge is 2.20. The molecular formula is C39H36O4. The van der Waals surface area contributed by atoms with Gasteiger partial charge >= 0.3 is 5.97 Å². The summed E-state index contributed by atoms with van der Waals surface area (Å²) in [6, 6.07) is 31.5. The number of fused-ring (bicyclic) bond motifs is 2. The van der Waals surface area contributed by atoms with Crippen molar-refractivity contribution < 1.29 is 19.1 Å². The Morgan fingerprint density at radius 2 is 1.42 bits per heavy atom. The molecule has 0 radical (unpaired) electrons. The van der Waals surface area contributed by atoms with Crippen molar-refractivity contribution in [2.75, 3.05) is 6.61 Å². The fraction of sp³-hybridized carbons (Fsp3) is 0.179. The first-order valence-corrected chi connectivity index (χ1v) is 14.9. The highest BCUT2D eigenvalue weighted by Crippen LogP contribution is 2.43. The Bertz CT molecular complexity index is 1780. The Labute approximate surface area is 253 Å². The fourth-order valence-electron chi connectivity index (χ4n) is 5.31. The largest absolute Gasteiger partial charge is 0.494 e. The first kappa shape index (κ1) is 29.5. The Kier molecular flexibility index (Phi) is 9.81. The van der Waals surface area contributed by atoms with E-state index in [2.05, 4.69) is 13.5 Å². The van der Waals surface area contributed by atoms with Crippen LogP contribution in [0.4, 0.5) is 0 Å². The van der Waals surface area contributed by atoms with Crippen LogP contribution in [0.3, 0.4) is 0 Å².